The van der Waals surface area contributed by atoms with Crippen LogP contribution in [0.3, 0.4) is 0 Å². The number of hydrogen-bond donors (Lipinski definition) is 1. The third-order valence-corrected chi connectivity index (χ3v) is 3.89. The molecule has 1 heterocycles. The van der Waals surface area contributed by atoms with E-state index in [4.69, 9.17) is 0 Å². The molecule has 0 aromatic rings. The highest BCUT2D eigenvalue weighted by Crippen LogP contribution is 2.41. The molecule has 0 saturated carbocycles. The molecule has 0 amide bonds. The Morgan fingerprint density at radius 1 is 1.60 bits per heavy atom. The van der Waals surface area contributed by atoms with E-state index in [2.05, 4.69) is 30.9 Å². The molecule has 1 aliphatic heterocycles. The molecule has 1 aliphatic rings. The summed E-state index contributed by atoms with van der Waals surface area (Å²) in [5.41, 5.74) is 0. The van der Waals surface area contributed by atoms with Crippen LogP contribution in [0.2, 0.25) is 0 Å². The molecule has 1 nitrogen and oxygen atoms in total. The van der Waals surface area contributed by atoms with Gasteiger partial charge in [-0.2, -0.15) is 11.8 Å². The van der Waals surface area contributed by atoms with E-state index < -0.39 is 0 Å². The molecule has 1 atom stereocenters. The van der Waals surface area contributed by atoms with E-state index in [1.54, 1.807) is 0 Å². The van der Waals surface area contributed by atoms with Crippen LogP contribution in [-0.2, 0) is 0 Å². The largest absolute Gasteiger partial charge is 0.319 e. The van der Waals surface area contributed by atoms with Crippen LogP contribution in [0.5, 0.6) is 0 Å². The lowest BCUT2D eigenvalue weighted by atomic mass is 9.93. The maximum absolute atomic E-state index is 3.25. The lowest BCUT2D eigenvalue weighted by Crippen LogP contribution is -2.30. The van der Waals surface area contributed by atoms with Crippen LogP contribution in [0.15, 0.2) is 0 Å². The van der Waals surface area contributed by atoms with Gasteiger partial charge in [-0.1, -0.05) is 13.8 Å². The van der Waals surface area contributed by atoms with Crippen molar-refractivity contribution >= 4 is 11.8 Å². The van der Waals surface area contributed by atoms with Crippen LogP contribution in [0.1, 0.15) is 20.3 Å². The minimum atomic E-state index is 0.517. The first-order valence-corrected chi connectivity index (χ1v) is 4.94. The number of thioether (sulfide) groups is 1. The van der Waals surface area contributed by atoms with Crippen molar-refractivity contribution in [2.75, 3.05) is 19.3 Å². The molecule has 60 valence electrons. The van der Waals surface area contributed by atoms with Crippen molar-refractivity contribution in [1.29, 1.82) is 0 Å². The van der Waals surface area contributed by atoms with Gasteiger partial charge in [-0.15, -0.1) is 0 Å². The van der Waals surface area contributed by atoms with Crippen LogP contribution >= 0.6 is 11.8 Å². The van der Waals surface area contributed by atoms with Crippen LogP contribution in [0, 0.1) is 5.92 Å². The van der Waals surface area contributed by atoms with E-state index >= 15 is 0 Å². The van der Waals surface area contributed by atoms with E-state index in [-0.39, 0.29) is 0 Å². The molecule has 0 aliphatic carbocycles. The average Bonchev–Trinajstić information content (AvgIpc) is 2.13. The summed E-state index contributed by atoms with van der Waals surface area (Å²) in [6.07, 6.45) is 1.39. The van der Waals surface area contributed by atoms with Crippen molar-refractivity contribution in [1.82, 2.24) is 5.32 Å². The molecule has 0 aromatic heterocycles. The topological polar surface area (TPSA) is 12.0 Å². The first-order valence-electron chi connectivity index (χ1n) is 3.95. The smallest absolute Gasteiger partial charge is 0.0144 e. The molecular weight excluding hydrogens is 142 g/mol. The zero-order valence-electron chi connectivity index (χ0n) is 7.11. The van der Waals surface area contributed by atoms with Gasteiger partial charge in [0.05, 0.1) is 0 Å². The fourth-order valence-corrected chi connectivity index (χ4v) is 2.89. The van der Waals surface area contributed by atoms with E-state index in [1.165, 1.54) is 18.7 Å². The molecular formula is C8H17NS. The maximum atomic E-state index is 3.25. The van der Waals surface area contributed by atoms with Gasteiger partial charge in [0, 0.05) is 4.75 Å². The first kappa shape index (κ1) is 8.41. The van der Waals surface area contributed by atoms with E-state index in [1.807, 2.05) is 7.05 Å². The molecule has 2 heteroatoms. The summed E-state index contributed by atoms with van der Waals surface area (Å²) >= 11 is 2.11. The van der Waals surface area contributed by atoms with Crippen molar-refractivity contribution in [3.05, 3.63) is 0 Å². The summed E-state index contributed by atoms with van der Waals surface area (Å²) in [6, 6.07) is 0. The zero-order chi connectivity index (χ0) is 7.61. The van der Waals surface area contributed by atoms with Gasteiger partial charge in [-0.25, -0.2) is 0 Å². The summed E-state index contributed by atoms with van der Waals surface area (Å²) in [5.74, 6) is 2.22. The van der Waals surface area contributed by atoms with Gasteiger partial charge in [-0.05, 0) is 31.7 Å². The van der Waals surface area contributed by atoms with Gasteiger partial charge < -0.3 is 5.32 Å². The Balaban J connectivity index is 2.43. The monoisotopic (exact) mass is 159 g/mol. The second kappa shape index (κ2) is 3.14. The minimum absolute atomic E-state index is 0.517. The molecule has 1 saturated heterocycles. The Hall–Kier alpha value is 0.310. The van der Waals surface area contributed by atoms with E-state index in [0.717, 1.165) is 5.92 Å². The molecule has 10 heavy (non-hydrogen) atoms. The van der Waals surface area contributed by atoms with E-state index in [0.29, 0.717) is 4.75 Å². The highest BCUT2D eigenvalue weighted by atomic mass is 32.2. The lowest BCUT2D eigenvalue weighted by molar-refractivity contribution is 0.420. The van der Waals surface area contributed by atoms with Gasteiger partial charge in [0.25, 0.3) is 0 Å². The predicted molar refractivity (Wildman–Crippen MR) is 48.6 cm³/mol. The van der Waals surface area contributed by atoms with Crippen molar-refractivity contribution in [2.45, 2.75) is 25.0 Å². The Morgan fingerprint density at radius 3 is 2.70 bits per heavy atom. The summed E-state index contributed by atoms with van der Waals surface area (Å²) in [7, 11) is 2.04. The highest BCUT2D eigenvalue weighted by molar-refractivity contribution is 8.00. The van der Waals surface area contributed by atoms with Crippen molar-refractivity contribution in [3.63, 3.8) is 0 Å². The third-order valence-electron chi connectivity index (χ3n) is 2.37. The molecule has 1 unspecified atom stereocenters. The molecule has 0 aromatic carbocycles. The summed E-state index contributed by atoms with van der Waals surface area (Å²) in [5, 5.41) is 3.25. The quantitative estimate of drug-likeness (QED) is 0.658. The van der Waals surface area contributed by atoms with Crippen LogP contribution in [0.25, 0.3) is 0 Å². The zero-order valence-corrected chi connectivity index (χ0v) is 7.92. The fraction of sp³-hybridized carbons (Fsp3) is 1.00. The molecule has 0 radical (unpaired) electrons. The predicted octanol–water partition coefficient (Wildman–Crippen LogP) is 1.74. The Bertz CT molecular complexity index is 112. The van der Waals surface area contributed by atoms with Gasteiger partial charge in [0.15, 0.2) is 0 Å². The van der Waals surface area contributed by atoms with Gasteiger partial charge in [0.2, 0.25) is 0 Å². The first-order chi connectivity index (χ1) is 4.67. The van der Waals surface area contributed by atoms with Crippen molar-refractivity contribution < 1.29 is 0 Å². The summed E-state index contributed by atoms with van der Waals surface area (Å²) in [4.78, 5) is 0. The second-order valence-corrected chi connectivity index (χ2v) is 5.24. The third kappa shape index (κ3) is 1.67. The van der Waals surface area contributed by atoms with Crippen LogP contribution < -0.4 is 5.32 Å². The maximum Gasteiger partial charge on any atom is 0.0144 e. The Labute approximate surface area is 68.0 Å². The Morgan fingerprint density at radius 2 is 2.30 bits per heavy atom. The van der Waals surface area contributed by atoms with Crippen LogP contribution in [0.4, 0.5) is 0 Å². The molecule has 1 fully saturated rings. The standard InChI is InChI=1S/C8H17NS/c1-8(2)7(6-9-3)4-5-10-8/h7,9H,4-6H2,1-3H3. The number of hydrogen-bond acceptors (Lipinski definition) is 2. The normalized spacial score (nSPS) is 30.9. The molecule has 1 N–H and O–H groups in total. The number of rotatable bonds is 2. The number of nitrogens with one attached hydrogen (secondary N) is 1. The van der Waals surface area contributed by atoms with Crippen molar-refractivity contribution in [2.24, 2.45) is 5.92 Å². The molecule has 0 bridgehead atoms. The summed E-state index contributed by atoms with van der Waals surface area (Å²) in [6.45, 7) is 5.89. The minimum Gasteiger partial charge on any atom is -0.319 e. The van der Waals surface area contributed by atoms with Gasteiger partial charge in [-0.3, -0.25) is 0 Å². The fourth-order valence-electron chi connectivity index (χ4n) is 1.52. The van der Waals surface area contributed by atoms with Crippen molar-refractivity contribution in [3.8, 4) is 0 Å². The van der Waals surface area contributed by atoms with Gasteiger partial charge >= 0.3 is 0 Å². The van der Waals surface area contributed by atoms with E-state index in [9.17, 15) is 0 Å². The van der Waals surface area contributed by atoms with Crippen LogP contribution in [-0.4, -0.2) is 24.1 Å². The lowest BCUT2D eigenvalue weighted by Gasteiger charge is -2.25. The molecule has 0 spiro atoms. The molecule has 1 rings (SSSR count). The highest BCUT2D eigenvalue weighted by Gasteiger charge is 2.34. The average molecular weight is 159 g/mol. The Kier molecular flexibility index (Phi) is 2.64. The van der Waals surface area contributed by atoms with Gasteiger partial charge in [0.1, 0.15) is 0 Å². The summed E-state index contributed by atoms with van der Waals surface area (Å²) < 4.78 is 0.517. The second-order valence-electron chi connectivity index (χ2n) is 3.50. The SMILES string of the molecule is CNCC1CCSC1(C)C.